The lowest BCUT2D eigenvalue weighted by Crippen LogP contribution is -2.43. The third-order valence-corrected chi connectivity index (χ3v) is 4.84. The van der Waals surface area contributed by atoms with Crippen LogP contribution in [0.1, 0.15) is 46.2 Å². The summed E-state index contributed by atoms with van der Waals surface area (Å²) < 4.78 is 28.1. The van der Waals surface area contributed by atoms with E-state index >= 15 is 0 Å². The third kappa shape index (κ3) is 4.13. The number of halogens is 2. The Morgan fingerprint density at radius 1 is 1.24 bits per heavy atom. The summed E-state index contributed by atoms with van der Waals surface area (Å²) in [6.45, 7) is 2.97. The molecule has 154 valence electrons. The number of carbonyl (C=O) groups excluding carboxylic acids is 2. The third-order valence-electron chi connectivity index (χ3n) is 4.84. The summed E-state index contributed by atoms with van der Waals surface area (Å²) in [7, 11) is 0. The van der Waals surface area contributed by atoms with Gasteiger partial charge in [0.05, 0.1) is 0 Å². The number of fused-ring (bicyclic) bond motifs is 1. The zero-order valence-corrected chi connectivity index (χ0v) is 15.9. The molecule has 0 atom stereocenters. The number of amides is 2. The molecule has 2 N–H and O–H groups in total. The number of nitrogens with one attached hydrogen (secondary N) is 1. The van der Waals surface area contributed by atoms with Crippen molar-refractivity contribution < 1.29 is 23.5 Å². The van der Waals surface area contributed by atoms with E-state index in [9.17, 15) is 28.3 Å². The van der Waals surface area contributed by atoms with E-state index in [0.29, 0.717) is 25.7 Å². The molecule has 1 aliphatic heterocycles. The van der Waals surface area contributed by atoms with Gasteiger partial charge in [-0.3, -0.25) is 14.4 Å². The molecule has 1 aliphatic rings. The van der Waals surface area contributed by atoms with E-state index in [4.69, 9.17) is 0 Å². The second-order valence-corrected chi connectivity index (χ2v) is 6.83. The summed E-state index contributed by atoms with van der Waals surface area (Å²) in [5, 5.41) is 12.7. The molecule has 0 saturated heterocycles. The molecular weight excluding hydrogens is 384 g/mol. The number of benzene rings is 1. The van der Waals surface area contributed by atoms with E-state index in [1.807, 2.05) is 6.92 Å². The summed E-state index contributed by atoms with van der Waals surface area (Å²) in [6, 6.07) is 2.93. The first-order valence-corrected chi connectivity index (χ1v) is 9.31. The molecular formula is C20H21F2N3O4. The molecule has 3 rings (SSSR count). The van der Waals surface area contributed by atoms with E-state index in [-0.39, 0.29) is 23.4 Å². The molecule has 9 heteroatoms. The first-order chi connectivity index (χ1) is 13.8. The lowest BCUT2D eigenvalue weighted by molar-refractivity contribution is 0.0693. The van der Waals surface area contributed by atoms with Gasteiger partial charge in [-0.1, -0.05) is 19.4 Å². The SMILES string of the molecule is CCCCN1CCn2cc(C(=O)NCc3ccc(F)cc3F)c(=O)c(O)c2C1=O. The minimum atomic E-state index is -0.973. The van der Waals surface area contributed by atoms with Crippen LogP contribution in [0, 0.1) is 11.6 Å². The Balaban J connectivity index is 1.82. The predicted molar refractivity (Wildman–Crippen MR) is 101 cm³/mol. The molecule has 1 aromatic carbocycles. The van der Waals surface area contributed by atoms with Gasteiger partial charge in [0.1, 0.15) is 17.2 Å². The van der Waals surface area contributed by atoms with Crippen molar-refractivity contribution in [3.05, 3.63) is 63.1 Å². The number of nitrogens with zero attached hydrogens (tertiary/aromatic N) is 2. The number of aromatic nitrogens is 1. The highest BCUT2D eigenvalue weighted by Crippen LogP contribution is 2.21. The number of rotatable bonds is 6. The van der Waals surface area contributed by atoms with Crippen LogP contribution < -0.4 is 10.7 Å². The summed E-state index contributed by atoms with van der Waals surface area (Å²) in [5.41, 5.74) is -1.43. The van der Waals surface area contributed by atoms with Gasteiger partial charge in [-0.2, -0.15) is 0 Å². The fourth-order valence-electron chi connectivity index (χ4n) is 3.19. The number of aromatic hydroxyl groups is 1. The highest BCUT2D eigenvalue weighted by molar-refractivity contribution is 5.99. The Morgan fingerprint density at radius 2 is 2.00 bits per heavy atom. The minimum absolute atomic E-state index is 0.0452. The maximum absolute atomic E-state index is 13.7. The number of hydrogen-bond donors (Lipinski definition) is 2. The molecule has 2 amide bonds. The largest absolute Gasteiger partial charge is 0.503 e. The van der Waals surface area contributed by atoms with E-state index < -0.39 is 34.6 Å². The van der Waals surface area contributed by atoms with Gasteiger partial charge >= 0.3 is 0 Å². The van der Waals surface area contributed by atoms with E-state index in [1.165, 1.54) is 16.8 Å². The van der Waals surface area contributed by atoms with Crippen LogP contribution in [0.2, 0.25) is 0 Å². The van der Waals surface area contributed by atoms with Crippen molar-refractivity contribution in [3.63, 3.8) is 0 Å². The number of hydrogen-bond acceptors (Lipinski definition) is 4. The summed E-state index contributed by atoms with van der Waals surface area (Å²) in [5.74, 6) is -3.64. The van der Waals surface area contributed by atoms with Crippen LogP contribution in [0.15, 0.2) is 29.2 Å². The molecule has 0 spiro atoms. The monoisotopic (exact) mass is 405 g/mol. The Labute approximate surface area is 165 Å². The molecule has 2 aromatic rings. The molecule has 29 heavy (non-hydrogen) atoms. The Bertz CT molecular complexity index is 1020. The quantitative estimate of drug-likeness (QED) is 0.769. The Hall–Kier alpha value is -3.23. The second-order valence-electron chi connectivity index (χ2n) is 6.83. The van der Waals surface area contributed by atoms with Crippen molar-refractivity contribution in [1.82, 2.24) is 14.8 Å². The molecule has 1 aromatic heterocycles. The first-order valence-electron chi connectivity index (χ1n) is 9.31. The fourth-order valence-corrected chi connectivity index (χ4v) is 3.19. The maximum Gasteiger partial charge on any atom is 0.274 e. The van der Waals surface area contributed by atoms with Crippen LogP contribution >= 0.6 is 0 Å². The lowest BCUT2D eigenvalue weighted by atomic mass is 10.1. The average Bonchev–Trinajstić information content (AvgIpc) is 2.69. The molecule has 0 bridgehead atoms. The van der Waals surface area contributed by atoms with Gasteiger partial charge in [-0.15, -0.1) is 0 Å². The van der Waals surface area contributed by atoms with Crippen LogP contribution in [0.5, 0.6) is 5.75 Å². The highest BCUT2D eigenvalue weighted by Gasteiger charge is 2.30. The van der Waals surface area contributed by atoms with Gasteiger partial charge in [-0.05, 0) is 12.5 Å². The smallest absolute Gasteiger partial charge is 0.274 e. The maximum atomic E-state index is 13.7. The highest BCUT2D eigenvalue weighted by atomic mass is 19.1. The van der Waals surface area contributed by atoms with Crippen LogP contribution in [0.4, 0.5) is 8.78 Å². The molecule has 0 unspecified atom stereocenters. The zero-order valence-electron chi connectivity index (χ0n) is 15.9. The van der Waals surface area contributed by atoms with E-state index in [1.54, 1.807) is 4.90 Å². The first kappa shape index (κ1) is 20.5. The lowest BCUT2D eigenvalue weighted by Gasteiger charge is -2.30. The van der Waals surface area contributed by atoms with Crippen molar-refractivity contribution in [3.8, 4) is 5.75 Å². The molecule has 7 nitrogen and oxygen atoms in total. The average molecular weight is 405 g/mol. The minimum Gasteiger partial charge on any atom is -0.503 e. The van der Waals surface area contributed by atoms with Crippen molar-refractivity contribution in [1.29, 1.82) is 0 Å². The van der Waals surface area contributed by atoms with Crippen LogP contribution in [0.3, 0.4) is 0 Å². The van der Waals surface area contributed by atoms with Crippen molar-refractivity contribution in [2.75, 3.05) is 13.1 Å². The number of carbonyl (C=O) groups is 2. The zero-order chi connectivity index (χ0) is 21.1. The molecule has 2 heterocycles. The molecule has 0 radical (unpaired) electrons. The second kappa shape index (κ2) is 8.42. The van der Waals surface area contributed by atoms with Crippen LogP contribution in [0.25, 0.3) is 0 Å². The number of pyridine rings is 1. The fraction of sp³-hybridized carbons (Fsp3) is 0.350. The van der Waals surface area contributed by atoms with Crippen molar-refractivity contribution >= 4 is 11.8 Å². The Morgan fingerprint density at radius 3 is 2.69 bits per heavy atom. The van der Waals surface area contributed by atoms with Gasteiger partial charge in [0.25, 0.3) is 11.8 Å². The molecule has 0 aliphatic carbocycles. The summed E-state index contributed by atoms with van der Waals surface area (Å²) in [4.78, 5) is 39.0. The normalized spacial score (nSPS) is 13.3. The van der Waals surface area contributed by atoms with E-state index in [2.05, 4.69) is 5.32 Å². The van der Waals surface area contributed by atoms with Crippen LogP contribution in [-0.2, 0) is 13.1 Å². The van der Waals surface area contributed by atoms with Crippen molar-refractivity contribution in [2.24, 2.45) is 0 Å². The van der Waals surface area contributed by atoms with Gasteiger partial charge < -0.3 is 19.9 Å². The van der Waals surface area contributed by atoms with Gasteiger partial charge in [-0.25, -0.2) is 8.78 Å². The molecule has 0 saturated carbocycles. The standard InChI is InChI=1S/C20H21F2N3O4/c1-2-3-6-24-7-8-25-11-14(17(26)18(27)16(25)20(24)29)19(28)23-10-12-4-5-13(21)9-15(12)22/h4-5,9,11,27H,2-3,6-8,10H2,1H3,(H,23,28). The Kier molecular flexibility index (Phi) is 5.95. The van der Waals surface area contributed by atoms with E-state index in [0.717, 1.165) is 18.9 Å². The van der Waals surface area contributed by atoms with Crippen LogP contribution in [-0.4, -0.2) is 39.5 Å². The summed E-state index contributed by atoms with van der Waals surface area (Å²) >= 11 is 0. The van der Waals surface area contributed by atoms with Gasteiger partial charge in [0.2, 0.25) is 5.43 Å². The van der Waals surface area contributed by atoms with Crippen molar-refractivity contribution in [2.45, 2.75) is 32.9 Å². The predicted octanol–water partition coefficient (Wildman–Crippen LogP) is 2.02. The molecule has 0 fully saturated rings. The van der Waals surface area contributed by atoms with Gasteiger partial charge in [0, 0.05) is 44.0 Å². The summed E-state index contributed by atoms with van der Waals surface area (Å²) in [6.07, 6.45) is 2.93. The topological polar surface area (TPSA) is 91.6 Å². The number of unbranched alkanes of at least 4 members (excludes halogenated alkanes) is 1. The van der Waals surface area contributed by atoms with Gasteiger partial charge in [0.15, 0.2) is 11.4 Å².